The van der Waals surface area contributed by atoms with Crippen molar-refractivity contribution in [3.63, 3.8) is 0 Å². The second-order valence-corrected chi connectivity index (χ2v) is 5.64. The SMILES string of the molecule is C=COCC(CC(C)(C)C)PC. The Kier molecular flexibility index (Phi) is 5.57. The quantitative estimate of drug-likeness (QED) is 0.475. The summed E-state index contributed by atoms with van der Waals surface area (Å²) in [6, 6.07) is 0. The Morgan fingerprint density at radius 3 is 2.42 bits per heavy atom. The predicted molar refractivity (Wildman–Crippen MR) is 58.2 cm³/mol. The first kappa shape index (κ1) is 12.0. The highest BCUT2D eigenvalue weighted by atomic mass is 31.1. The van der Waals surface area contributed by atoms with E-state index in [1.165, 1.54) is 12.7 Å². The fraction of sp³-hybridized carbons (Fsp3) is 0.800. The van der Waals surface area contributed by atoms with Crippen LogP contribution in [0.4, 0.5) is 0 Å². The van der Waals surface area contributed by atoms with Gasteiger partial charge >= 0.3 is 0 Å². The van der Waals surface area contributed by atoms with Crippen LogP contribution < -0.4 is 0 Å². The zero-order valence-corrected chi connectivity index (χ0v) is 9.68. The maximum atomic E-state index is 5.20. The van der Waals surface area contributed by atoms with E-state index < -0.39 is 0 Å². The van der Waals surface area contributed by atoms with Gasteiger partial charge in [0.05, 0.1) is 12.9 Å². The normalized spacial score (nSPS) is 15.0. The number of hydrogen-bond acceptors (Lipinski definition) is 1. The van der Waals surface area contributed by atoms with Crippen molar-refractivity contribution >= 4 is 8.58 Å². The summed E-state index contributed by atoms with van der Waals surface area (Å²) in [4.78, 5) is 0. The van der Waals surface area contributed by atoms with E-state index in [2.05, 4.69) is 34.0 Å². The van der Waals surface area contributed by atoms with Gasteiger partial charge in [-0.1, -0.05) is 27.4 Å². The third-order valence-electron chi connectivity index (χ3n) is 1.68. The van der Waals surface area contributed by atoms with Gasteiger partial charge in [0.25, 0.3) is 0 Å². The van der Waals surface area contributed by atoms with Crippen molar-refractivity contribution in [3.8, 4) is 0 Å². The monoisotopic (exact) mass is 188 g/mol. The molecule has 2 unspecified atom stereocenters. The minimum absolute atomic E-state index is 0.415. The first-order chi connectivity index (χ1) is 5.49. The third kappa shape index (κ3) is 6.67. The van der Waals surface area contributed by atoms with Crippen molar-refractivity contribution in [2.24, 2.45) is 5.41 Å². The van der Waals surface area contributed by atoms with Gasteiger partial charge in [0, 0.05) is 5.66 Å². The van der Waals surface area contributed by atoms with Gasteiger partial charge in [-0.25, -0.2) is 0 Å². The van der Waals surface area contributed by atoms with E-state index in [4.69, 9.17) is 4.74 Å². The molecule has 0 bridgehead atoms. The van der Waals surface area contributed by atoms with Crippen LogP contribution in [0.2, 0.25) is 0 Å². The molecule has 0 rings (SSSR count). The van der Waals surface area contributed by atoms with Gasteiger partial charge in [0.1, 0.15) is 0 Å². The number of rotatable bonds is 5. The standard InChI is InChI=1S/C10H21OP/c1-6-11-8-9(12-5)7-10(2,3)4/h6,9,12H,1,7-8H2,2-5H3. The summed E-state index contributed by atoms with van der Waals surface area (Å²) in [5.41, 5.74) is 1.11. The Balaban J connectivity index is 3.74. The summed E-state index contributed by atoms with van der Waals surface area (Å²) in [5, 5.41) is 0. The lowest BCUT2D eigenvalue weighted by Gasteiger charge is -2.24. The molecule has 0 heterocycles. The van der Waals surface area contributed by atoms with Crippen molar-refractivity contribution in [2.75, 3.05) is 13.3 Å². The van der Waals surface area contributed by atoms with Gasteiger partial charge in [-0.2, -0.15) is 0 Å². The van der Waals surface area contributed by atoms with Gasteiger partial charge in [-0.15, -0.1) is 8.58 Å². The minimum Gasteiger partial charge on any atom is -0.501 e. The molecule has 2 heteroatoms. The third-order valence-corrected chi connectivity index (χ3v) is 2.87. The fourth-order valence-electron chi connectivity index (χ4n) is 1.17. The van der Waals surface area contributed by atoms with Crippen LogP contribution in [0, 0.1) is 5.41 Å². The first-order valence-corrected chi connectivity index (χ1v) is 5.97. The average molecular weight is 188 g/mol. The Labute approximate surface area is 78.4 Å². The van der Waals surface area contributed by atoms with E-state index in [0.717, 1.165) is 15.2 Å². The lowest BCUT2D eigenvalue weighted by molar-refractivity contribution is 0.226. The maximum absolute atomic E-state index is 5.20. The van der Waals surface area contributed by atoms with E-state index in [1.54, 1.807) is 0 Å². The fourth-order valence-corrected chi connectivity index (χ4v) is 2.25. The molecule has 72 valence electrons. The average Bonchev–Trinajstić information content (AvgIpc) is 1.95. The molecule has 0 saturated heterocycles. The molecule has 0 aliphatic rings. The van der Waals surface area contributed by atoms with Crippen LogP contribution in [-0.4, -0.2) is 18.9 Å². The van der Waals surface area contributed by atoms with Crippen LogP contribution in [-0.2, 0) is 4.74 Å². The van der Waals surface area contributed by atoms with E-state index in [0.29, 0.717) is 11.1 Å². The van der Waals surface area contributed by atoms with E-state index in [9.17, 15) is 0 Å². The Hall–Kier alpha value is -0.0300. The molecule has 1 nitrogen and oxygen atoms in total. The van der Waals surface area contributed by atoms with Crippen LogP contribution in [0.15, 0.2) is 12.8 Å². The molecule has 0 aromatic carbocycles. The Morgan fingerprint density at radius 2 is 2.08 bits per heavy atom. The summed E-state index contributed by atoms with van der Waals surface area (Å²) in [7, 11) is 0.960. The van der Waals surface area contributed by atoms with Gasteiger partial charge < -0.3 is 4.74 Å². The molecular weight excluding hydrogens is 167 g/mol. The summed E-state index contributed by atoms with van der Waals surface area (Å²) >= 11 is 0. The van der Waals surface area contributed by atoms with Crippen molar-refractivity contribution in [2.45, 2.75) is 32.9 Å². The molecule has 0 amide bonds. The molecule has 0 aliphatic heterocycles. The van der Waals surface area contributed by atoms with Gasteiger partial charge in [-0.05, 0) is 18.5 Å². The van der Waals surface area contributed by atoms with Crippen LogP contribution in [0.1, 0.15) is 27.2 Å². The molecule has 0 aromatic rings. The van der Waals surface area contributed by atoms with E-state index in [-0.39, 0.29) is 0 Å². The smallest absolute Gasteiger partial charge is 0.0937 e. The zero-order valence-electron chi connectivity index (χ0n) is 8.68. The lowest BCUT2D eigenvalue weighted by Crippen LogP contribution is -2.17. The molecule has 0 aliphatic carbocycles. The molecule has 0 saturated carbocycles. The summed E-state index contributed by atoms with van der Waals surface area (Å²) in [6.45, 7) is 13.4. The molecule has 2 atom stereocenters. The molecule has 0 spiro atoms. The molecule has 0 radical (unpaired) electrons. The molecular formula is C10H21OP. The maximum Gasteiger partial charge on any atom is 0.0937 e. The molecule has 0 aromatic heterocycles. The van der Waals surface area contributed by atoms with Crippen molar-refractivity contribution in [3.05, 3.63) is 12.8 Å². The van der Waals surface area contributed by atoms with Crippen molar-refractivity contribution < 1.29 is 4.74 Å². The summed E-state index contributed by atoms with van der Waals surface area (Å²) in [5.74, 6) is 0. The molecule has 0 fully saturated rings. The minimum atomic E-state index is 0.415. The zero-order chi connectivity index (χ0) is 9.61. The Bertz CT molecular complexity index is 126. The van der Waals surface area contributed by atoms with Crippen LogP contribution >= 0.6 is 8.58 Å². The van der Waals surface area contributed by atoms with Crippen molar-refractivity contribution in [1.29, 1.82) is 0 Å². The van der Waals surface area contributed by atoms with Crippen LogP contribution in [0.3, 0.4) is 0 Å². The first-order valence-electron chi connectivity index (χ1n) is 4.39. The summed E-state index contributed by atoms with van der Waals surface area (Å²) < 4.78 is 5.20. The number of hydrogen-bond donors (Lipinski definition) is 0. The second-order valence-electron chi connectivity index (χ2n) is 4.25. The van der Waals surface area contributed by atoms with Gasteiger partial charge in [0.2, 0.25) is 0 Å². The van der Waals surface area contributed by atoms with Gasteiger partial charge in [0.15, 0.2) is 0 Å². The largest absolute Gasteiger partial charge is 0.501 e. The highest BCUT2D eigenvalue weighted by Gasteiger charge is 2.17. The van der Waals surface area contributed by atoms with Crippen LogP contribution in [0.5, 0.6) is 0 Å². The van der Waals surface area contributed by atoms with E-state index in [1.807, 2.05) is 0 Å². The van der Waals surface area contributed by atoms with E-state index >= 15 is 0 Å². The predicted octanol–water partition coefficient (Wildman–Crippen LogP) is 3.26. The number of ether oxygens (including phenoxy) is 1. The Morgan fingerprint density at radius 1 is 1.50 bits per heavy atom. The van der Waals surface area contributed by atoms with Gasteiger partial charge in [-0.3, -0.25) is 0 Å². The van der Waals surface area contributed by atoms with Crippen molar-refractivity contribution in [1.82, 2.24) is 0 Å². The van der Waals surface area contributed by atoms with Crippen LogP contribution in [0.25, 0.3) is 0 Å². The summed E-state index contributed by atoms with van der Waals surface area (Å²) in [6.07, 6.45) is 2.77. The molecule has 0 N–H and O–H groups in total. The lowest BCUT2D eigenvalue weighted by atomic mass is 9.90. The topological polar surface area (TPSA) is 9.23 Å². The molecule has 12 heavy (non-hydrogen) atoms. The highest BCUT2D eigenvalue weighted by molar-refractivity contribution is 7.37. The highest BCUT2D eigenvalue weighted by Crippen LogP contribution is 2.29. The second kappa shape index (κ2) is 5.59.